The predicted molar refractivity (Wildman–Crippen MR) is 96.4 cm³/mol. The van der Waals surface area contributed by atoms with Gasteiger partial charge in [-0.25, -0.2) is 0 Å². The number of aryl methyl sites for hydroxylation is 1. The number of benzene rings is 2. The quantitative estimate of drug-likeness (QED) is 0.504. The number of hydrogen-bond acceptors (Lipinski definition) is 4. The van der Waals surface area contributed by atoms with E-state index in [4.69, 9.17) is 0 Å². The molecule has 122 valence electrons. The molecule has 0 aliphatic heterocycles. The van der Waals surface area contributed by atoms with Crippen molar-refractivity contribution < 1.29 is 4.92 Å². The second kappa shape index (κ2) is 7.08. The summed E-state index contributed by atoms with van der Waals surface area (Å²) in [5.74, 6) is 0. The molecule has 5 nitrogen and oxygen atoms in total. The largest absolute Gasteiger partial charge is 0.374 e. The molecule has 0 aliphatic rings. The van der Waals surface area contributed by atoms with Gasteiger partial charge in [-0.05, 0) is 30.5 Å². The Kier molecular flexibility index (Phi) is 4.70. The van der Waals surface area contributed by atoms with Crippen molar-refractivity contribution in [3.8, 4) is 0 Å². The first-order chi connectivity index (χ1) is 11.7. The Balaban J connectivity index is 1.79. The molecule has 0 spiro atoms. The van der Waals surface area contributed by atoms with Crippen LogP contribution in [-0.4, -0.2) is 23.5 Å². The highest BCUT2D eigenvalue weighted by atomic mass is 16.6. The van der Waals surface area contributed by atoms with Crippen LogP contribution in [0.25, 0.3) is 10.8 Å². The number of aromatic nitrogens is 1. The molecule has 0 saturated carbocycles. The van der Waals surface area contributed by atoms with Crippen LogP contribution >= 0.6 is 0 Å². The fourth-order valence-electron chi connectivity index (χ4n) is 2.94. The Morgan fingerprint density at radius 2 is 1.88 bits per heavy atom. The Hall–Kier alpha value is -2.95. The fourth-order valence-corrected chi connectivity index (χ4v) is 2.94. The summed E-state index contributed by atoms with van der Waals surface area (Å²) in [5.41, 5.74) is 2.41. The number of nitro groups is 1. The van der Waals surface area contributed by atoms with Gasteiger partial charge >= 0.3 is 0 Å². The van der Waals surface area contributed by atoms with Crippen LogP contribution in [0, 0.1) is 10.1 Å². The Labute approximate surface area is 140 Å². The molecule has 1 aromatic heterocycles. The fraction of sp³-hybridized carbons (Fsp3) is 0.211. The third-order valence-electron chi connectivity index (χ3n) is 4.18. The zero-order valence-corrected chi connectivity index (χ0v) is 13.6. The van der Waals surface area contributed by atoms with E-state index in [9.17, 15) is 10.1 Å². The van der Waals surface area contributed by atoms with E-state index >= 15 is 0 Å². The van der Waals surface area contributed by atoms with Gasteiger partial charge in [0, 0.05) is 43.1 Å². The maximum atomic E-state index is 11.2. The van der Waals surface area contributed by atoms with Gasteiger partial charge in [-0.2, -0.15) is 0 Å². The van der Waals surface area contributed by atoms with Gasteiger partial charge in [0.15, 0.2) is 0 Å². The van der Waals surface area contributed by atoms with E-state index in [0.29, 0.717) is 5.39 Å². The second-order valence-corrected chi connectivity index (χ2v) is 5.79. The lowest BCUT2D eigenvalue weighted by Crippen LogP contribution is -2.19. The zero-order chi connectivity index (χ0) is 16.9. The van der Waals surface area contributed by atoms with E-state index in [-0.39, 0.29) is 10.6 Å². The van der Waals surface area contributed by atoms with Crippen LogP contribution in [0.2, 0.25) is 0 Å². The minimum absolute atomic E-state index is 0.0968. The van der Waals surface area contributed by atoms with E-state index in [1.54, 1.807) is 18.5 Å². The summed E-state index contributed by atoms with van der Waals surface area (Å²) in [4.78, 5) is 17.0. The van der Waals surface area contributed by atoms with E-state index in [1.165, 1.54) is 5.56 Å². The molecule has 24 heavy (non-hydrogen) atoms. The standard InChI is InChI=1S/C19H19N3O2/c1-21(13-5-8-15-6-3-2-4-7-15)18-9-10-19(22(23)24)17-14-20-12-11-16(17)18/h2-4,6-7,9-12,14H,5,8,13H2,1H3. The SMILES string of the molecule is CN(CCCc1ccccc1)c1ccc([N+](=O)[O-])c2cnccc12. The van der Waals surface area contributed by atoms with E-state index in [0.717, 1.165) is 30.5 Å². The first-order valence-electron chi connectivity index (χ1n) is 7.93. The first kappa shape index (κ1) is 15.9. The lowest BCUT2D eigenvalue weighted by Gasteiger charge is -2.21. The molecule has 2 aromatic carbocycles. The number of hydrogen-bond donors (Lipinski definition) is 0. The van der Waals surface area contributed by atoms with Gasteiger partial charge < -0.3 is 4.90 Å². The van der Waals surface area contributed by atoms with Gasteiger partial charge in [0.05, 0.1) is 10.3 Å². The average molecular weight is 321 g/mol. The number of non-ortho nitro benzene ring substituents is 1. The first-order valence-corrected chi connectivity index (χ1v) is 7.93. The molecule has 1 heterocycles. The number of fused-ring (bicyclic) bond motifs is 1. The summed E-state index contributed by atoms with van der Waals surface area (Å²) >= 11 is 0. The van der Waals surface area contributed by atoms with Gasteiger partial charge in [0.1, 0.15) is 0 Å². The van der Waals surface area contributed by atoms with E-state index in [1.807, 2.05) is 25.2 Å². The third-order valence-corrected chi connectivity index (χ3v) is 4.18. The van der Waals surface area contributed by atoms with E-state index in [2.05, 4.69) is 34.1 Å². The van der Waals surface area contributed by atoms with E-state index < -0.39 is 0 Å². The molecular weight excluding hydrogens is 302 g/mol. The lowest BCUT2D eigenvalue weighted by molar-refractivity contribution is -0.383. The van der Waals surface area contributed by atoms with Crippen LogP contribution in [0.1, 0.15) is 12.0 Å². The van der Waals surface area contributed by atoms with Crippen LogP contribution in [0.5, 0.6) is 0 Å². The molecule has 0 saturated heterocycles. The summed E-state index contributed by atoms with van der Waals surface area (Å²) in [6, 6.07) is 15.6. The smallest absolute Gasteiger partial charge is 0.278 e. The van der Waals surface area contributed by atoms with Crippen molar-refractivity contribution in [1.29, 1.82) is 0 Å². The second-order valence-electron chi connectivity index (χ2n) is 5.79. The summed E-state index contributed by atoms with van der Waals surface area (Å²) in [5, 5.41) is 12.6. The molecule has 0 fully saturated rings. The van der Waals surface area contributed by atoms with Crippen LogP contribution in [0.15, 0.2) is 60.9 Å². The summed E-state index contributed by atoms with van der Waals surface area (Å²) in [6.45, 7) is 0.879. The summed E-state index contributed by atoms with van der Waals surface area (Å²) in [6.07, 6.45) is 5.27. The number of anilines is 1. The Morgan fingerprint density at radius 1 is 1.08 bits per heavy atom. The van der Waals surface area contributed by atoms with Gasteiger partial charge in [-0.3, -0.25) is 15.1 Å². The minimum Gasteiger partial charge on any atom is -0.374 e. The van der Waals surface area contributed by atoms with Crippen LogP contribution in [0.3, 0.4) is 0 Å². The van der Waals surface area contributed by atoms with Gasteiger partial charge in [-0.1, -0.05) is 30.3 Å². The molecule has 3 aromatic rings. The normalized spacial score (nSPS) is 10.7. The van der Waals surface area contributed by atoms with Crippen molar-refractivity contribution >= 4 is 22.1 Å². The number of pyridine rings is 1. The van der Waals surface area contributed by atoms with Crippen molar-refractivity contribution in [2.75, 3.05) is 18.5 Å². The van der Waals surface area contributed by atoms with Gasteiger partial charge in [0.2, 0.25) is 0 Å². The Bertz CT molecular complexity index is 850. The van der Waals surface area contributed by atoms with Crippen LogP contribution < -0.4 is 4.90 Å². The van der Waals surface area contributed by atoms with Crippen molar-refractivity contribution in [2.45, 2.75) is 12.8 Å². The van der Waals surface area contributed by atoms with Crippen molar-refractivity contribution in [2.24, 2.45) is 0 Å². The summed E-state index contributed by atoms with van der Waals surface area (Å²) < 4.78 is 0. The van der Waals surface area contributed by atoms with Crippen molar-refractivity contribution in [3.63, 3.8) is 0 Å². The zero-order valence-electron chi connectivity index (χ0n) is 13.6. The molecule has 3 rings (SSSR count). The van der Waals surface area contributed by atoms with Crippen molar-refractivity contribution in [1.82, 2.24) is 4.98 Å². The molecule has 0 N–H and O–H groups in total. The highest BCUT2D eigenvalue weighted by molar-refractivity contribution is 5.99. The minimum atomic E-state index is -0.358. The third kappa shape index (κ3) is 3.35. The molecular formula is C19H19N3O2. The highest BCUT2D eigenvalue weighted by Gasteiger charge is 2.16. The maximum absolute atomic E-state index is 11.2. The Morgan fingerprint density at radius 3 is 2.62 bits per heavy atom. The molecule has 0 atom stereocenters. The van der Waals surface area contributed by atoms with Gasteiger partial charge in [0.25, 0.3) is 5.69 Å². The number of nitro benzene ring substituents is 1. The predicted octanol–water partition coefficient (Wildman–Crippen LogP) is 4.21. The van der Waals surface area contributed by atoms with Crippen molar-refractivity contribution in [3.05, 3.63) is 76.6 Å². The number of rotatable bonds is 6. The topological polar surface area (TPSA) is 59.3 Å². The van der Waals surface area contributed by atoms with Crippen LogP contribution in [-0.2, 0) is 6.42 Å². The summed E-state index contributed by atoms with van der Waals surface area (Å²) in [7, 11) is 2.02. The molecule has 0 amide bonds. The molecule has 5 heteroatoms. The number of nitrogens with zero attached hydrogens (tertiary/aromatic N) is 3. The molecule has 0 unspecified atom stereocenters. The maximum Gasteiger partial charge on any atom is 0.278 e. The van der Waals surface area contributed by atoms with Gasteiger partial charge in [-0.15, -0.1) is 0 Å². The molecule has 0 radical (unpaired) electrons. The molecule has 0 bridgehead atoms. The van der Waals surface area contributed by atoms with Crippen LogP contribution in [0.4, 0.5) is 11.4 Å². The average Bonchev–Trinajstić information content (AvgIpc) is 2.61. The lowest BCUT2D eigenvalue weighted by atomic mass is 10.1. The highest BCUT2D eigenvalue weighted by Crippen LogP contribution is 2.32. The molecule has 0 aliphatic carbocycles. The monoisotopic (exact) mass is 321 g/mol.